The number of hydrogen-bond acceptors (Lipinski definition) is 5. The first-order chi connectivity index (χ1) is 12.1. The predicted molar refractivity (Wildman–Crippen MR) is 90.5 cm³/mol. The minimum absolute atomic E-state index is 0.153. The van der Waals surface area contributed by atoms with Crippen LogP contribution < -0.4 is 5.32 Å². The van der Waals surface area contributed by atoms with Crippen LogP contribution in [0.1, 0.15) is 41.6 Å². The lowest BCUT2D eigenvalue weighted by molar-refractivity contribution is -0.130. The molecule has 1 saturated heterocycles. The van der Waals surface area contributed by atoms with Crippen molar-refractivity contribution in [3.63, 3.8) is 0 Å². The van der Waals surface area contributed by atoms with Gasteiger partial charge in [0.1, 0.15) is 5.69 Å². The number of carbonyl (C=O) groups is 2. The fourth-order valence-corrected chi connectivity index (χ4v) is 2.97. The van der Waals surface area contributed by atoms with Crippen LogP contribution in [-0.4, -0.2) is 49.7 Å². The second-order valence-electron chi connectivity index (χ2n) is 6.30. The smallest absolute Gasteiger partial charge is 0.269 e. The maximum absolute atomic E-state index is 11.8. The molecule has 2 aromatic heterocycles. The van der Waals surface area contributed by atoms with E-state index in [1.807, 2.05) is 4.90 Å². The number of aromatic amines is 1. The zero-order valence-electron chi connectivity index (χ0n) is 14.2. The molecule has 0 aliphatic carbocycles. The Morgan fingerprint density at radius 3 is 2.52 bits per heavy atom. The molecule has 0 aromatic carbocycles. The molecule has 2 aromatic rings. The summed E-state index contributed by atoms with van der Waals surface area (Å²) in [5.74, 6) is 0.469. The molecule has 132 valence electrons. The summed E-state index contributed by atoms with van der Waals surface area (Å²) in [5, 5.41) is 2.77. The normalized spacial score (nSPS) is 15.2. The highest BCUT2D eigenvalue weighted by Crippen LogP contribution is 2.20. The van der Waals surface area contributed by atoms with Crippen LogP contribution in [0.3, 0.4) is 0 Å². The van der Waals surface area contributed by atoms with Gasteiger partial charge in [-0.3, -0.25) is 19.6 Å². The largest absolute Gasteiger partial charge is 0.345 e. The average molecular weight is 342 g/mol. The maximum atomic E-state index is 11.8. The zero-order chi connectivity index (χ0) is 17.6. The number of amides is 2. The molecule has 0 bridgehead atoms. The van der Waals surface area contributed by atoms with Gasteiger partial charge in [-0.15, -0.1) is 0 Å². The molecule has 2 N–H and O–H groups in total. The quantitative estimate of drug-likeness (QED) is 0.841. The number of aromatic nitrogens is 4. The molecule has 3 rings (SSSR count). The fourth-order valence-electron chi connectivity index (χ4n) is 2.97. The third-order valence-electron chi connectivity index (χ3n) is 4.49. The van der Waals surface area contributed by atoms with E-state index < -0.39 is 0 Å². The van der Waals surface area contributed by atoms with Gasteiger partial charge in [0.15, 0.2) is 0 Å². The predicted octanol–water partition coefficient (Wildman–Crippen LogP) is 0.931. The van der Waals surface area contributed by atoms with Crippen molar-refractivity contribution in [2.45, 2.75) is 32.7 Å². The first kappa shape index (κ1) is 17.1. The molecule has 0 radical (unpaired) electrons. The summed E-state index contributed by atoms with van der Waals surface area (Å²) in [4.78, 5) is 40.5. The van der Waals surface area contributed by atoms with Crippen LogP contribution in [-0.2, 0) is 17.8 Å². The van der Waals surface area contributed by atoms with Crippen molar-refractivity contribution in [1.82, 2.24) is 30.2 Å². The highest BCUT2D eigenvalue weighted by molar-refractivity contribution is 5.91. The van der Waals surface area contributed by atoms with Gasteiger partial charge in [-0.25, -0.2) is 4.98 Å². The SMILES string of the molecule is CC(=O)N1CCC(Cc2cnc(CNC(=O)c3cnc[nH]3)cn2)CC1. The summed E-state index contributed by atoms with van der Waals surface area (Å²) in [6.07, 6.45) is 9.29. The van der Waals surface area contributed by atoms with Crippen LogP contribution in [0.25, 0.3) is 0 Å². The van der Waals surface area contributed by atoms with E-state index in [0.29, 0.717) is 23.9 Å². The first-order valence-corrected chi connectivity index (χ1v) is 8.43. The average Bonchev–Trinajstić information content (AvgIpc) is 3.16. The molecule has 0 saturated carbocycles. The van der Waals surface area contributed by atoms with E-state index in [1.165, 1.54) is 12.5 Å². The van der Waals surface area contributed by atoms with Crippen molar-refractivity contribution < 1.29 is 9.59 Å². The molecule has 1 fully saturated rings. The summed E-state index contributed by atoms with van der Waals surface area (Å²) < 4.78 is 0. The Labute approximate surface area is 146 Å². The Morgan fingerprint density at radius 2 is 1.92 bits per heavy atom. The highest BCUT2D eigenvalue weighted by atomic mass is 16.2. The number of H-pyrrole nitrogens is 1. The van der Waals surface area contributed by atoms with E-state index >= 15 is 0 Å². The zero-order valence-corrected chi connectivity index (χ0v) is 14.2. The van der Waals surface area contributed by atoms with Gasteiger partial charge in [0.2, 0.25) is 5.91 Å². The van der Waals surface area contributed by atoms with Gasteiger partial charge in [0, 0.05) is 26.2 Å². The van der Waals surface area contributed by atoms with Gasteiger partial charge >= 0.3 is 0 Å². The molecule has 8 heteroatoms. The summed E-state index contributed by atoms with van der Waals surface area (Å²) in [7, 11) is 0. The molecule has 8 nitrogen and oxygen atoms in total. The van der Waals surface area contributed by atoms with E-state index in [-0.39, 0.29) is 11.8 Å². The van der Waals surface area contributed by atoms with Gasteiger partial charge in [-0.2, -0.15) is 0 Å². The topological polar surface area (TPSA) is 104 Å². The van der Waals surface area contributed by atoms with Crippen molar-refractivity contribution >= 4 is 11.8 Å². The highest BCUT2D eigenvalue weighted by Gasteiger charge is 2.21. The van der Waals surface area contributed by atoms with Crippen molar-refractivity contribution in [3.05, 3.63) is 42.0 Å². The number of nitrogens with zero attached hydrogens (tertiary/aromatic N) is 4. The summed E-state index contributed by atoms with van der Waals surface area (Å²) in [5.41, 5.74) is 2.08. The number of carbonyl (C=O) groups excluding carboxylic acids is 2. The Morgan fingerprint density at radius 1 is 1.20 bits per heavy atom. The lowest BCUT2D eigenvalue weighted by atomic mass is 9.92. The van der Waals surface area contributed by atoms with E-state index in [0.717, 1.165) is 38.0 Å². The molecule has 1 aliphatic rings. The van der Waals surface area contributed by atoms with Crippen LogP contribution in [0.4, 0.5) is 0 Å². The Kier molecular flexibility index (Phi) is 5.37. The number of likely N-dealkylation sites (tertiary alicyclic amines) is 1. The van der Waals surface area contributed by atoms with Gasteiger partial charge in [-0.05, 0) is 25.2 Å². The number of imidazole rings is 1. The van der Waals surface area contributed by atoms with Crippen LogP contribution in [0.5, 0.6) is 0 Å². The Balaban J connectivity index is 1.46. The van der Waals surface area contributed by atoms with Gasteiger partial charge < -0.3 is 15.2 Å². The molecule has 3 heterocycles. The maximum Gasteiger partial charge on any atom is 0.269 e. The molecule has 1 aliphatic heterocycles. The van der Waals surface area contributed by atoms with E-state index in [1.54, 1.807) is 19.3 Å². The van der Waals surface area contributed by atoms with Crippen molar-refractivity contribution in [1.29, 1.82) is 0 Å². The van der Waals surface area contributed by atoms with Crippen molar-refractivity contribution in [3.8, 4) is 0 Å². The van der Waals surface area contributed by atoms with Gasteiger partial charge in [0.05, 0.1) is 36.7 Å². The van der Waals surface area contributed by atoms with Crippen molar-refractivity contribution in [2.75, 3.05) is 13.1 Å². The molecular formula is C17H22N6O2. The number of rotatable bonds is 5. The number of nitrogens with one attached hydrogen (secondary N) is 2. The van der Waals surface area contributed by atoms with Gasteiger partial charge in [-0.1, -0.05) is 0 Å². The lowest BCUT2D eigenvalue weighted by Gasteiger charge is -2.31. The van der Waals surface area contributed by atoms with Crippen LogP contribution >= 0.6 is 0 Å². The second-order valence-corrected chi connectivity index (χ2v) is 6.30. The molecule has 2 amide bonds. The van der Waals surface area contributed by atoms with Crippen LogP contribution in [0.15, 0.2) is 24.9 Å². The van der Waals surface area contributed by atoms with E-state index in [4.69, 9.17) is 0 Å². The molecule has 0 atom stereocenters. The molecule has 0 spiro atoms. The minimum Gasteiger partial charge on any atom is -0.345 e. The standard InChI is InChI=1S/C17H22N6O2/c1-12(24)23-4-2-13(3-5-23)6-14-7-20-15(8-19-14)9-21-17(25)16-10-18-11-22-16/h7-8,10-11,13H,2-6,9H2,1H3,(H,18,22)(H,21,25). The molecular weight excluding hydrogens is 320 g/mol. The lowest BCUT2D eigenvalue weighted by Crippen LogP contribution is -2.37. The fraction of sp³-hybridized carbons (Fsp3) is 0.471. The van der Waals surface area contributed by atoms with Crippen molar-refractivity contribution in [2.24, 2.45) is 5.92 Å². The Bertz CT molecular complexity index is 705. The molecule has 25 heavy (non-hydrogen) atoms. The Hall–Kier alpha value is -2.77. The monoisotopic (exact) mass is 342 g/mol. The van der Waals surface area contributed by atoms with Crippen LogP contribution in [0, 0.1) is 5.92 Å². The van der Waals surface area contributed by atoms with E-state index in [9.17, 15) is 9.59 Å². The summed E-state index contributed by atoms with van der Waals surface area (Å²) in [6, 6.07) is 0. The number of piperidine rings is 1. The molecule has 0 unspecified atom stereocenters. The van der Waals surface area contributed by atoms with Gasteiger partial charge in [0.25, 0.3) is 5.91 Å². The van der Waals surface area contributed by atoms with Crippen LogP contribution in [0.2, 0.25) is 0 Å². The summed E-state index contributed by atoms with van der Waals surface area (Å²) >= 11 is 0. The first-order valence-electron chi connectivity index (χ1n) is 8.43. The third-order valence-corrected chi connectivity index (χ3v) is 4.49. The van der Waals surface area contributed by atoms with E-state index in [2.05, 4.69) is 25.3 Å². The minimum atomic E-state index is -0.222. The summed E-state index contributed by atoms with van der Waals surface area (Å²) in [6.45, 7) is 3.59. The second kappa shape index (κ2) is 7.87. The number of hydrogen-bond donors (Lipinski definition) is 2. The third kappa shape index (κ3) is 4.62.